The summed E-state index contributed by atoms with van der Waals surface area (Å²) in [6.45, 7) is 5.59. The first-order chi connectivity index (χ1) is 9.20. The number of carbonyl (C=O) groups excluding carboxylic acids is 1. The molecule has 1 atom stereocenters. The Morgan fingerprint density at radius 3 is 2.42 bits per heavy atom. The monoisotopic (exact) mass is 257 g/mol. The highest BCUT2D eigenvalue weighted by molar-refractivity contribution is 5.73. The lowest BCUT2D eigenvalue weighted by molar-refractivity contribution is -0.130. The second kappa shape index (κ2) is 6.35. The van der Waals surface area contributed by atoms with E-state index in [9.17, 15) is 10.1 Å². The zero-order valence-electron chi connectivity index (χ0n) is 11.2. The molecule has 1 aliphatic rings. The van der Waals surface area contributed by atoms with Crippen molar-refractivity contribution in [2.45, 2.75) is 12.8 Å². The molecule has 4 nitrogen and oxygen atoms in total. The SMILES string of the molecule is CC(=O)N1CCN(CC(C#N)c2ccccc2)CC1. The van der Waals surface area contributed by atoms with Gasteiger partial charge in [0.05, 0.1) is 12.0 Å². The molecule has 0 radical (unpaired) electrons. The van der Waals surface area contributed by atoms with Crippen molar-refractivity contribution in [1.82, 2.24) is 9.80 Å². The fourth-order valence-corrected chi connectivity index (χ4v) is 2.41. The largest absolute Gasteiger partial charge is 0.340 e. The summed E-state index contributed by atoms with van der Waals surface area (Å²) in [6.07, 6.45) is 0. The minimum Gasteiger partial charge on any atom is -0.340 e. The third-order valence-corrected chi connectivity index (χ3v) is 3.62. The van der Waals surface area contributed by atoms with Gasteiger partial charge in [0.2, 0.25) is 5.91 Å². The van der Waals surface area contributed by atoms with Gasteiger partial charge in [-0.3, -0.25) is 9.69 Å². The van der Waals surface area contributed by atoms with E-state index in [4.69, 9.17) is 0 Å². The van der Waals surface area contributed by atoms with Crippen molar-refractivity contribution < 1.29 is 4.79 Å². The van der Waals surface area contributed by atoms with Gasteiger partial charge in [-0.25, -0.2) is 0 Å². The minimum atomic E-state index is -0.0925. The number of hydrogen-bond acceptors (Lipinski definition) is 3. The number of hydrogen-bond donors (Lipinski definition) is 0. The van der Waals surface area contributed by atoms with Gasteiger partial charge in [0.25, 0.3) is 0 Å². The maximum absolute atomic E-state index is 11.3. The van der Waals surface area contributed by atoms with Crippen molar-refractivity contribution in [3.63, 3.8) is 0 Å². The molecule has 1 saturated heterocycles. The predicted octanol–water partition coefficient (Wildman–Crippen LogP) is 1.46. The predicted molar refractivity (Wildman–Crippen MR) is 73.5 cm³/mol. The molecule has 1 aliphatic heterocycles. The summed E-state index contributed by atoms with van der Waals surface area (Å²) in [5, 5.41) is 9.31. The maximum Gasteiger partial charge on any atom is 0.219 e. The highest BCUT2D eigenvalue weighted by Gasteiger charge is 2.21. The molecule has 1 unspecified atom stereocenters. The normalized spacial score (nSPS) is 17.8. The number of piperazine rings is 1. The van der Waals surface area contributed by atoms with E-state index in [1.807, 2.05) is 35.2 Å². The number of benzene rings is 1. The highest BCUT2D eigenvalue weighted by Crippen LogP contribution is 2.17. The van der Waals surface area contributed by atoms with E-state index < -0.39 is 0 Å². The summed E-state index contributed by atoms with van der Waals surface area (Å²) in [5.41, 5.74) is 1.07. The van der Waals surface area contributed by atoms with Crippen LogP contribution >= 0.6 is 0 Å². The summed E-state index contributed by atoms with van der Waals surface area (Å²) in [4.78, 5) is 15.4. The molecule has 4 heteroatoms. The number of amides is 1. The summed E-state index contributed by atoms with van der Waals surface area (Å²) >= 11 is 0. The topological polar surface area (TPSA) is 47.3 Å². The Morgan fingerprint density at radius 2 is 1.89 bits per heavy atom. The lowest BCUT2D eigenvalue weighted by Crippen LogP contribution is -2.48. The molecule has 0 saturated carbocycles. The van der Waals surface area contributed by atoms with Gasteiger partial charge in [0.1, 0.15) is 0 Å². The van der Waals surface area contributed by atoms with Crippen LogP contribution in [0.15, 0.2) is 30.3 Å². The van der Waals surface area contributed by atoms with Gasteiger partial charge in [0, 0.05) is 39.6 Å². The van der Waals surface area contributed by atoms with Gasteiger partial charge >= 0.3 is 0 Å². The van der Waals surface area contributed by atoms with Gasteiger partial charge in [-0.1, -0.05) is 30.3 Å². The molecule has 0 aromatic heterocycles. The van der Waals surface area contributed by atoms with Crippen LogP contribution in [0.1, 0.15) is 18.4 Å². The zero-order valence-corrected chi connectivity index (χ0v) is 11.2. The lowest BCUT2D eigenvalue weighted by atomic mass is 10.00. The van der Waals surface area contributed by atoms with Crippen molar-refractivity contribution in [3.05, 3.63) is 35.9 Å². The third kappa shape index (κ3) is 3.55. The Bertz CT molecular complexity index is 458. The summed E-state index contributed by atoms with van der Waals surface area (Å²) in [7, 11) is 0. The maximum atomic E-state index is 11.3. The number of rotatable bonds is 3. The Hall–Kier alpha value is -1.86. The summed E-state index contributed by atoms with van der Waals surface area (Å²) in [6, 6.07) is 12.3. The molecule has 1 fully saturated rings. The molecule has 1 aromatic rings. The van der Waals surface area contributed by atoms with E-state index in [1.54, 1.807) is 6.92 Å². The fourth-order valence-electron chi connectivity index (χ4n) is 2.41. The van der Waals surface area contributed by atoms with Gasteiger partial charge in [-0.15, -0.1) is 0 Å². The summed E-state index contributed by atoms with van der Waals surface area (Å²) < 4.78 is 0. The molecule has 0 spiro atoms. The van der Waals surface area contributed by atoms with Crippen molar-refractivity contribution in [3.8, 4) is 6.07 Å². The van der Waals surface area contributed by atoms with E-state index >= 15 is 0 Å². The Kier molecular flexibility index (Phi) is 4.53. The van der Waals surface area contributed by atoms with Crippen LogP contribution in [-0.2, 0) is 4.79 Å². The molecule has 0 aliphatic carbocycles. The van der Waals surface area contributed by atoms with Crippen LogP contribution in [0.2, 0.25) is 0 Å². The molecule has 19 heavy (non-hydrogen) atoms. The summed E-state index contributed by atoms with van der Waals surface area (Å²) in [5.74, 6) is 0.0459. The Morgan fingerprint density at radius 1 is 1.26 bits per heavy atom. The molecular formula is C15H19N3O. The first kappa shape index (κ1) is 13.6. The number of nitrogens with zero attached hydrogens (tertiary/aromatic N) is 3. The van der Waals surface area contributed by atoms with E-state index in [0.717, 1.165) is 38.3 Å². The average Bonchev–Trinajstić information content (AvgIpc) is 2.46. The average molecular weight is 257 g/mol. The minimum absolute atomic E-state index is 0.0925. The van der Waals surface area contributed by atoms with Crippen LogP contribution in [0.3, 0.4) is 0 Å². The molecule has 100 valence electrons. The Labute approximate surface area is 114 Å². The van der Waals surface area contributed by atoms with E-state index in [-0.39, 0.29) is 11.8 Å². The molecule has 2 rings (SSSR count). The molecular weight excluding hydrogens is 238 g/mol. The second-order valence-corrected chi connectivity index (χ2v) is 4.90. The number of carbonyl (C=O) groups is 1. The van der Waals surface area contributed by atoms with Gasteiger partial charge < -0.3 is 4.90 Å². The van der Waals surface area contributed by atoms with Crippen LogP contribution in [0, 0.1) is 11.3 Å². The van der Waals surface area contributed by atoms with E-state index in [2.05, 4.69) is 11.0 Å². The van der Waals surface area contributed by atoms with E-state index in [0.29, 0.717) is 0 Å². The molecule has 0 N–H and O–H groups in total. The fraction of sp³-hybridized carbons (Fsp3) is 0.467. The number of nitriles is 1. The van der Waals surface area contributed by atoms with Crippen molar-refractivity contribution >= 4 is 5.91 Å². The van der Waals surface area contributed by atoms with Crippen LogP contribution in [-0.4, -0.2) is 48.4 Å². The third-order valence-electron chi connectivity index (χ3n) is 3.62. The molecule has 1 heterocycles. The van der Waals surface area contributed by atoms with Crippen LogP contribution in [0.5, 0.6) is 0 Å². The zero-order chi connectivity index (χ0) is 13.7. The second-order valence-electron chi connectivity index (χ2n) is 4.90. The molecule has 0 bridgehead atoms. The van der Waals surface area contributed by atoms with Gasteiger partial charge in [0.15, 0.2) is 0 Å². The van der Waals surface area contributed by atoms with Gasteiger partial charge in [-0.2, -0.15) is 5.26 Å². The molecule has 1 aromatic carbocycles. The lowest BCUT2D eigenvalue weighted by Gasteiger charge is -2.35. The Balaban J connectivity index is 1.91. The van der Waals surface area contributed by atoms with Crippen LogP contribution < -0.4 is 0 Å². The van der Waals surface area contributed by atoms with Crippen LogP contribution in [0.25, 0.3) is 0 Å². The smallest absolute Gasteiger partial charge is 0.219 e. The van der Waals surface area contributed by atoms with Crippen molar-refractivity contribution in [2.24, 2.45) is 0 Å². The van der Waals surface area contributed by atoms with E-state index in [1.165, 1.54) is 0 Å². The molecule has 1 amide bonds. The van der Waals surface area contributed by atoms with Crippen molar-refractivity contribution in [2.75, 3.05) is 32.7 Å². The van der Waals surface area contributed by atoms with Gasteiger partial charge in [-0.05, 0) is 5.56 Å². The van der Waals surface area contributed by atoms with Crippen LogP contribution in [0.4, 0.5) is 0 Å². The van der Waals surface area contributed by atoms with Crippen molar-refractivity contribution in [1.29, 1.82) is 5.26 Å². The quantitative estimate of drug-likeness (QED) is 0.823. The standard InChI is InChI=1S/C15H19N3O/c1-13(19)18-9-7-17(8-10-18)12-15(11-16)14-5-3-2-4-6-14/h2-6,15H,7-10,12H2,1H3. The first-order valence-corrected chi connectivity index (χ1v) is 6.63. The first-order valence-electron chi connectivity index (χ1n) is 6.63. The highest BCUT2D eigenvalue weighted by atomic mass is 16.2.